The highest BCUT2D eigenvalue weighted by Gasteiger charge is 2.45. The molecule has 19 heavy (non-hydrogen) atoms. The predicted molar refractivity (Wildman–Crippen MR) is 71.1 cm³/mol. The Morgan fingerprint density at radius 3 is 2.42 bits per heavy atom. The summed E-state index contributed by atoms with van der Waals surface area (Å²) in [5.74, 6) is -0.839. The number of hydrogen-bond acceptors (Lipinski definition) is 2. The van der Waals surface area contributed by atoms with Gasteiger partial charge in [0.25, 0.3) is 0 Å². The summed E-state index contributed by atoms with van der Waals surface area (Å²) in [7, 11) is -3.78. The van der Waals surface area contributed by atoms with Gasteiger partial charge in [-0.25, -0.2) is 12.8 Å². The molecule has 0 aliphatic carbocycles. The van der Waals surface area contributed by atoms with E-state index < -0.39 is 15.8 Å². The Bertz CT molecular complexity index is 589. The smallest absolute Gasteiger partial charge is 0.207 e. The fourth-order valence-electron chi connectivity index (χ4n) is 3.26. The van der Waals surface area contributed by atoms with Crippen LogP contribution in [0, 0.1) is 5.82 Å². The highest BCUT2D eigenvalue weighted by Crippen LogP contribution is 2.40. The van der Waals surface area contributed by atoms with Crippen LogP contribution < -0.4 is 0 Å². The van der Waals surface area contributed by atoms with Crippen molar-refractivity contribution in [2.45, 2.75) is 49.1 Å². The maximum absolute atomic E-state index is 14.0. The molecule has 1 aromatic carbocycles. The Labute approximate surface area is 117 Å². The van der Waals surface area contributed by atoms with Crippen LogP contribution in [0.5, 0.6) is 0 Å². The first-order valence-electron chi connectivity index (χ1n) is 6.49. The zero-order valence-electron chi connectivity index (χ0n) is 10.4. The number of nitrogens with zero attached hydrogens (tertiary/aromatic N) is 1. The van der Waals surface area contributed by atoms with Crippen molar-refractivity contribution in [3.8, 4) is 0 Å². The maximum Gasteiger partial charge on any atom is 0.246 e. The molecular formula is C13H15ClFNO2S. The summed E-state index contributed by atoms with van der Waals surface area (Å²) in [6, 6.07) is 4.19. The van der Waals surface area contributed by atoms with Crippen LogP contribution in [0.1, 0.15) is 32.1 Å². The molecule has 0 aromatic heterocycles. The molecule has 2 unspecified atom stereocenters. The molecule has 2 fully saturated rings. The quantitative estimate of drug-likeness (QED) is 0.841. The topological polar surface area (TPSA) is 37.4 Å². The Kier molecular flexibility index (Phi) is 3.31. The van der Waals surface area contributed by atoms with Gasteiger partial charge in [0.1, 0.15) is 4.90 Å². The number of benzene rings is 1. The van der Waals surface area contributed by atoms with Crippen LogP contribution in [0.25, 0.3) is 0 Å². The summed E-state index contributed by atoms with van der Waals surface area (Å²) in [5.41, 5.74) is 0. The third-order valence-electron chi connectivity index (χ3n) is 4.10. The van der Waals surface area contributed by atoms with Gasteiger partial charge in [-0.1, -0.05) is 24.1 Å². The summed E-state index contributed by atoms with van der Waals surface area (Å²) in [6.45, 7) is 0. The molecule has 0 saturated carbocycles. The number of rotatable bonds is 2. The second-order valence-corrected chi connectivity index (χ2v) is 7.42. The molecule has 3 rings (SSSR count). The maximum atomic E-state index is 14.0. The van der Waals surface area contributed by atoms with Crippen LogP contribution in [0.3, 0.4) is 0 Å². The minimum absolute atomic E-state index is 0.0298. The minimum Gasteiger partial charge on any atom is -0.207 e. The molecule has 0 N–H and O–H groups in total. The van der Waals surface area contributed by atoms with E-state index >= 15 is 0 Å². The molecule has 3 nitrogen and oxygen atoms in total. The molecule has 2 aliphatic rings. The summed E-state index contributed by atoms with van der Waals surface area (Å²) in [5, 5.41) is -0.148. The molecule has 2 heterocycles. The molecule has 6 heteroatoms. The molecule has 2 aliphatic heterocycles. The number of hydrogen-bond donors (Lipinski definition) is 0. The van der Waals surface area contributed by atoms with Crippen molar-refractivity contribution in [1.29, 1.82) is 0 Å². The largest absolute Gasteiger partial charge is 0.246 e. The van der Waals surface area contributed by atoms with Gasteiger partial charge in [-0.3, -0.25) is 0 Å². The first kappa shape index (κ1) is 13.3. The Hall–Kier alpha value is -0.650. The van der Waals surface area contributed by atoms with E-state index in [-0.39, 0.29) is 22.0 Å². The SMILES string of the molecule is O=S(=O)(c1cccc(Cl)c1F)N1C2CCCC1CC2. The average molecular weight is 304 g/mol. The van der Waals surface area contributed by atoms with Crippen molar-refractivity contribution in [2.24, 2.45) is 0 Å². The average Bonchev–Trinajstić information content (AvgIpc) is 2.64. The lowest BCUT2D eigenvalue weighted by Crippen LogP contribution is -2.44. The standard InChI is InChI=1S/C13H15ClFNO2S/c14-11-5-2-6-12(13(11)15)19(17,18)16-9-3-1-4-10(16)8-7-9/h2,5-6,9-10H,1,3-4,7-8H2. The highest BCUT2D eigenvalue weighted by molar-refractivity contribution is 7.89. The molecule has 104 valence electrons. The summed E-state index contributed by atoms with van der Waals surface area (Å²) in [6.07, 6.45) is 4.56. The van der Waals surface area contributed by atoms with E-state index in [1.807, 2.05) is 0 Å². The van der Waals surface area contributed by atoms with E-state index in [2.05, 4.69) is 0 Å². The lowest BCUT2D eigenvalue weighted by Gasteiger charge is -2.33. The van der Waals surface area contributed by atoms with Crippen LogP contribution >= 0.6 is 11.6 Å². The van der Waals surface area contributed by atoms with E-state index in [4.69, 9.17) is 11.6 Å². The number of halogens is 2. The zero-order chi connectivity index (χ0) is 13.6. The molecule has 0 amide bonds. The van der Waals surface area contributed by atoms with E-state index in [0.717, 1.165) is 32.1 Å². The van der Waals surface area contributed by atoms with Gasteiger partial charge in [0.15, 0.2) is 5.82 Å². The number of piperidine rings is 1. The minimum atomic E-state index is -3.78. The molecule has 0 radical (unpaired) electrons. The van der Waals surface area contributed by atoms with Gasteiger partial charge in [0.05, 0.1) is 5.02 Å². The molecule has 2 bridgehead atoms. The predicted octanol–water partition coefficient (Wildman–Crippen LogP) is 3.18. The normalized spacial score (nSPS) is 27.7. The highest BCUT2D eigenvalue weighted by atomic mass is 35.5. The van der Waals surface area contributed by atoms with Gasteiger partial charge in [-0.15, -0.1) is 0 Å². The summed E-state index contributed by atoms with van der Waals surface area (Å²) >= 11 is 5.69. The van der Waals surface area contributed by atoms with Gasteiger partial charge >= 0.3 is 0 Å². The fraction of sp³-hybridized carbons (Fsp3) is 0.538. The lowest BCUT2D eigenvalue weighted by atomic mass is 10.1. The van der Waals surface area contributed by atoms with Crippen LogP contribution in [0.15, 0.2) is 23.1 Å². The summed E-state index contributed by atoms with van der Waals surface area (Å²) < 4.78 is 40.8. The van der Waals surface area contributed by atoms with E-state index in [1.54, 1.807) is 0 Å². The first-order chi connectivity index (χ1) is 9.01. The van der Waals surface area contributed by atoms with Gasteiger partial charge in [-0.05, 0) is 37.8 Å². The van der Waals surface area contributed by atoms with E-state index in [1.165, 1.54) is 22.5 Å². The van der Waals surface area contributed by atoms with Gasteiger partial charge < -0.3 is 0 Å². The van der Waals surface area contributed by atoms with Crippen molar-refractivity contribution in [3.63, 3.8) is 0 Å². The van der Waals surface area contributed by atoms with E-state index in [0.29, 0.717) is 0 Å². The van der Waals surface area contributed by atoms with Gasteiger partial charge in [0, 0.05) is 12.1 Å². The molecule has 2 atom stereocenters. The van der Waals surface area contributed by atoms with Crippen LogP contribution in [0.2, 0.25) is 5.02 Å². The van der Waals surface area contributed by atoms with Crippen LogP contribution in [-0.4, -0.2) is 24.8 Å². The monoisotopic (exact) mass is 303 g/mol. The Balaban J connectivity index is 2.06. The zero-order valence-corrected chi connectivity index (χ0v) is 11.9. The second kappa shape index (κ2) is 4.72. The summed E-state index contributed by atoms with van der Waals surface area (Å²) in [4.78, 5) is -0.293. The van der Waals surface area contributed by atoms with Crippen molar-refractivity contribution >= 4 is 21.6 Å². The van der Waals surface area contributed by atoms with Gasteiger partial charge in [-0.2, -0.15) is 4.31 Å². The molecule has 2 saturated heterocycles. The van der Waals surface area contributed by atoms with Crippen LogP contribution in [-0.2, 0) is 10.0 Å². The van der Waals surface area contributed by atoms with E-state index in [9.17, 15) is 12.8 Å². The molecule has 0 spiro atoms. The Morgan fingerprint density at radius 1 is 1.16 bits per heavy atom. The molecule has 1 aromatic rings. The number of sulfonamides is 1. The second-order valence-electron chi connectivity index (χ2n) is 5.20. The first-order valence-corrected chi connectivity index (χ1v) is 8.31. The fourth-order valence-corrected chi connectivity index (χ4v) is 5.51. The van der Waals surface area contributed by atoms with Gasteiger partial charge in [0.2, 0.25) is 10.0 Å². The van der Waals surface area contributed by atoms with Crippen molar-refractivity contribution in [2.75, 3.05) is 0 Å². The number of fused-ring (bicyclic) bond motifs is 2. The Morgan fingerprint density at radius 2 is 1.79 bits per heavy atom. The lowest BCUT2D eigenvalue weighted by molar-refractivity contribution is 0.247. The third kappa shape index (κ3) is 2.08. The van der Waals surface area contributed by atoms with Crippen molar-refractivity contribution in [3.05, 3.63) is 29.0 Å². The molecular weight excluding hydrogens is 289 g/mol. The van der Waals surface area contributed by atoms with Crippen molar-refractivity contribution in [1.82, 2.24) is 4.31 Å². The van der Waals surface area contributed by atoms with Crippen LogP contribution in [0.4, 0.5) is 4.39 Å². The van der Waals surface area contributed by atoms with Crippen molar-refractivity contribution < 1.29 is 12.8 Å². The third-order valence-corrected chi connectivity index (χ3v) is 6.41.